The summed E-state index contributed by atoms with van der Waals surface area (Å²) in [7, 11) is 0. The molecule has 6 heteroatoms. The van der Waals surface area contributed by atoms with Gasteiger partial charge < -0.3 is 15.0 Å². The molecule has 2 aromatic heterocycles. The number of hydrogen-bond donors (Lipinski definition) is 2. The molecule has 0 aliphatic carbocycles. The first kappa shape index (κ1) is 18.8. The van der Waals surface area contributed by atoms with E-state index in [0.717, 1.165) is 22.5 Å². The molecule has 0 saturated carbocycles. The number of halogens is 1. The van der Waals surface area contributed by atoms with Crippen LogP contribution in [0.4, 0.5) is 4.39 Å². The van der Waals surface area contributed by atoms with Crippen molar-refractivity contribution in [3.05, 3.63) is 88.3 Å². The minimum absolute atomic E-state index is 0.287. The van der Waals surface area contributed by atoms with Gasteiger partial charge >= 0.3 is 5.97 Å². The van der Waals surface area contributed by atoms with Crippen LogP contribution in [0.15, 0.2) is 48.7 Å². The van der Waals surface area contributed by atoms with Gasteiger partial charge in [0.15, 0.2) is 0 Å². The lowest BCUT2D eigenvalue weighted by Crippen LogP contribution is -2.16. The van der Waals surface area contributed by atoms with Gasteiger partial charge in [-0.2, -0.15) is 0 Å². The summed E-state index contributed by atoms with van der Waals surface area (Å²) in [4.78, 5) is 16.1. The molecule has 140 valence electrons. The van der Waals surface area contributed by atoms with Crippen molar-refractivity contribution in [2.24, 2.45) is 0 Å². The number of hydrogen-bond acceptors (Lipinski definition) is 3. The van der Waals surface area contributed by atoms with E-state index in [4.69, 9.17) is 0 Å². The Balaban J connectivity index is 1.84. The smallest absolute Gasteiger partial charge is 0.337 e. The zero-order valence-corrected chi connectivity index (χ0v) is 15.4. The molecule has 0 atom stereocenters. The third-order valence-electron chi connectivity index (χ3n) is 4.71. The molecular formula is C21H22FN3O2. The van der Waals surface area contributed by atoms with E-state index in [9.17, 15) is 14.3 Å². The zero-order valence-electron chi connectivity index (χ0n) is 15.4. The molecule has 3 rings (SSSR count). The molecular weight excluding hydrogens is 345 g/mol. The molecule has 0 spiro atoms. The number of benzene rings is 1. The number of carbonyl (C=O) groups is 1. The number of rotatable bonds is 7. The first-order chi connectivity index (χ1) is 13.0. The van der Waals surface area contributed by atoms with Crippen LogP contribution >= 0.6 is 0 Å². The summed E-state index contributed by atoms with van der Waals surface area (Å²) in [5.74, 6) is -1.23. The molecule has 27 heavy (non-hydrogen) atoms. The summed E-state index contributed by atoms with van der Waals surface area (Å²) in [5.41, 5.74) is 4.49. The summed E-state index contributed by atoms with van der Waals surface area (Å²) in [5, 5.41) is 13.0. The molecule has 3 aromatic rings. The number of aromatic nitrogens is 2. The van der Waals surface area contributed by atoms with Crippen molar-refractivity contribution in [2.75, 3.05) is 0 Å². The first-order valence-electron chi connectivity index (χ1n) is 8.74. The van der Waals surface area contributed by atoms with Gasteiger partial charge in [0.1, 0.15) is 5.82 Å². The fourth-order valence-corrected chi connectivity index (χ4v) is 3.28. The highest BCUT2D eigenvalue weighted by Gasteiger charge is 2.22. The van der Waals surface area contributed by atoms with E-state index in [1.165, 1.54) is 12.1 Å². The van der Waals surface area contributed by atoms with E-state index in [0.29, 0.717) is 30.9 Å². The van der Waals surface area contributed by atoms with E-state index >= 15 is 0 Å². The summed E-state index contributed by atoms with van der Waals surface area (Å²) >= 11 is 0. The average molecular weight is 367 g/mol. The maximum absolute atomic E-state index is 13.1. The Kier molecular flexibility index (Phi) is 5.66. The molecule has 0 fully saturated rings. The summed E-state index contributed by atoms with van der Waals surface area (Å²) < 4.78 is 15.1. The summed E-state index contributed by atoms with van der Waals surface area (Å²) in [6.45, 7) is 5.21. The van der Waals surface area contributed by atoms with Gasteiger partial charge in [0, 0.05) is 42.8 Å². The Morgan fingerprint density at radius 1 is 1.11 bits per heavy atom. The normalized spacial score (nSPS) is 10.9. The molecule has 5 nitrogen and oxygen atoms in total. The van der Waals surface area contributed by atoms with Crippen molar-refractivity contribution < 1.29 is 14.3 Å². The minimum Gasteiger partial charge on any atom is -0.478 e. The molecule has 0 bridgehead atoms. The van der Waals surface area contributed by atoms with Crippen LogP contribution in [-0.2, 0) is 19.6 Å². The van der Waals surface area contributed by atoms with Crippen LogP contribution < -0.4 is 5.32 Å². The highest BCUT2D eigenvalue weighted by molar-refractivity contribution is 5.91. The highest BCUT2D eigenvalue weighted by Crippen LogP contribution is 2.24. The number of carboxylic acids is 1. The molecule has 0 radical (unpaired) electrons. The van der Waals surface area contributed by atoms with E-state index in [1.807, 2.05) is 36.6 Å². The Bertz CT molecular complexity index is 934. The van der Waals surface area contributed by atoms with Crippen LogP contribution in [0.25, 0.3) is 0 Å². The van der Waals surface area contributed by atoms with Crippen molar-refractivity contribution in [3.63, 3.8) is 0 Å². The van der Waals surface area contributed by atoms with Crippen molar-refractivity contribution >= 4 is 5.97 Å². The standard InChI is InChI=1S/C21H22FN3O2/c1-14-19(12-23-11-18-5-3-4-10-24-18)20(21(26)27)15(2)25(14)13-16-6-8-17(22)9-7-16/h3-10,23H,11-13H2,1-2H3,(H,26,27). The number of carboxylic acid groups (broad SMARTS) is 1. The number of nitrogens with zero attached hydrogens (tertiary/aromatic N) is 2. The Morgan fingerprint density at radius 2 is 1.85 bits per heavy atom. The number of aromatic carboxylic acids is 1. The van der Waals surface area contributed by atoms with E-state index < -0.39 is 5.97 Å². The van der Waals surface area contributed by atoms with Crippen LogP contribution in [0, 0.1) is 19.7 Å². The molecule has 0 unspecified atom stereocenters. The van der Waals surface area contributed by atoms with Gasteiger partial charge in [-0.25, -0.2) is 9.18 Å². The predicted molar refractivity (Wildman–Crippen MR) is 101 cm³/mol. The van der Waals surface area contributed by atoms with Crippen LogP contribution in [0.2, 0.25) is 0 Å². The zero-order chi connectivity index (χ0) is 19.4. The highest BCUT2D eigenvalue weighted by atomic mass is 19.1. The van der Waals surface area contributed by atoms with Crippen LogP contribution in [0.3, 0.4) is 0 Å². The van der Waals surface area contributed by atoms with Crippen LogP contribution in [-0.4, -0.2) is 20.6 Å². The lowest BCUT2D eigenvalue weighted by Gasteiger charge is -2.10. The maximum Gasteiger partial charge on any atom is 0.337 e. The van der Waals surface area contributed by atoms with E-state index in [2.05, 4.69) is 10.3 Å². The quantitative estimate of drug-likeness (QED) is 0.669. The average Bonchev–Trinajstić information content (AvgIpc) is 2.89. The molecule has 0 amide bonds. The monoisotopic (exact) mass is 367 g/mol. The molecule has 2 heterocycles. The fourth-order valence-electron chi connectivity index (χ4n) is 3.28. The second-order valence-corrected chi connectivity index (χ2v) is 6.47. The van der Waals surface area contributed by atoms with Crippen LogP contribution in [0.1, 0.15) is 38.6 Å². The van der Waals surface area contributed by atoms with Crippen molar-refractivity contribution in [3.8, 4) is 0 Å². The van der Waals surface area contributed by atoms with Gasteiger partial charge in [-0.15, -0.1) is 0 Å². The number of pyridine rings is 1. The molecule has 2 N–H and O–H groups in total. The fraction of sp³-hybridized carbons (Fsp3) is 0.238. The Hall–Kier alpha value is -2.99. The molecule has 1 aromatic carbocycles. The summed E-state index contributed by atoms with van der Waals surface area (Å²) in [6, 6.07) is 12.0. The van der Waals surface area contributed by atoms with Gasteiger partial charge in [0.25, 0.3) is 0 Å². The SMILES string of the molecule is Cc1c(CNCc2ccccn2)c(C(=O)O)c(C)n1Cc1ccc(F)cc1. The van der Waals surface area contributed by atoms with E-state index in [1.54, 1.807) is 18.3 Å². The molecule has 0 aliphatic rings. The van der Waals surface area contributed by atoms with Gasteiger partial charge in [0.05, 0.1) is 11.3 Å². The second kappa shape index (κ2) is 8.14. The Morgan fingerprint density at radius 3 is 2.48 bits per heavy atom. The first-order valence-corrected chi connectivity index (χ1v) is 8.74. The van der Waals surface area contributed by atoms with Crippen molar-refractivity contribution in [2.45, 2.75) is 33.5 Å². The summed E-state index contributed by atoms with van der Waals surface area (Å²) in [6.07, 6.45) is 1.73. The second-order valence-electron chi connectivity index (χ2n) is 6.47. The Labute approximate surface area is 157 Å². The third-order valence-corrected chi connectivity index (χ3v) is 4.71. The minimum atomic E-state index is -0.942. The lowest BCUT2D eigenvalue weighted by molar-refractivity contribution is 0.0694. The van der Waals surface area contributed by atoms with Gasteiger partial charge in [0.2, 0.25) is 0 Å². The molecule has 0 aliphatic heterocycles. The largest absolute Gasteiger partial charge is 0.478 e. The third kappa shape index (κ3) is 4.23. The van der Waals surface area contributed by atoms with Crippen LogP contribution in [0.5, 0.6) is 0 Å². The predicted octanol–water partition coefficient (Wildman–Crippen LogP) is 3.68. The molecule has 0 saturated heterocycles. The number of nitrogens with one attached hydrogen (secondary N) is 1. The topological polar surface area (TPSA) is 67.2 Å². The van der Waals surface area contributed by atoms with Crippen molar-refractivity contribution in [1.29, 1.82) is 0 Å². The van der Waals surface area contributed by atoms with E-state index in [-0.39, 0.29) is 5.82 Å². The maximum atomic E-state index is 13.1. The van der Waals surface area contributed by atoms with Gasteiger partial charge in [-0.05, 0) is 43.7 Å². The van der Waals surface area contributed by atoms with Crippen molar-refractivity contribution in [1.82, 2.24) is 14.9 Å². The van der Waals surface area contributed by atoms with Gasteiger partial charge in [-0.1, -0.05) is 18.2 Å². The van der Waals surface area contributed by atoms with Gasteiger partial charge in [-0.3, -0.25) is 4.98 Å². The lowest BCUT2D eigenvalue weighted by atomic mass is 10.1.